The predicted octanol–water partition coefficient (Wildman–Crippen LogP) is 6.11. The smallest absolute Gasteiger partial charge is 0.307 e. The van der Waals surface area contributed by atoms with Crippen molar-refractivity contribution in [2.75, 3.05) is 13.2 Å². The van der Waals surface area contributed by atoms with Crippen LogP contribution in [0.3, 0.4) is 0 Å². The number of carbonyl (C=O) groups is 2. The second-order valence-electron chi connectivity index (χ2n) is 7.09. The molecule has 4 nitrogen and oxygen atoms in total. The average Bonchev–Trinajstić information content (AvgIpc) is 3.20. The highest BCUT2D eigenvalue weighted by atomic mass is 32.1. The van der Waals surface area contributed by atoms with Crippen LogP contribution in [0.1, 0.15) is 100 Å². The topological polar surface area (TPSA) is 55.4 Å². The Morgan fingerprint density at radius 3 is 2.07 bits per heavy atom. The van der Waals surface area contributed by atoms with Crippen LogP contribution in [0.25, 0.3) is 0 Å². The van der Waals surface area contributed by atoms with Gasteiger partial charge in [0.25, 0.3) is 5.91 Å². The van der Waals surface area contributed by atoms with Crippen LogP contribution in [0, 0.1) is 0 Å². The summed E-state index contributed by atoms with van der Waals surface area (Å²) in [5.41, 5.74) is 0. The van der Waals surface area contributed by atoms with Gasteiger partial charge >= 0.3 is 5.97 Å². The molecule has 1 amide bonds. The largest absolute Gasteiger partial charge is 0.466 e. The first-order valence-electron chi connectivity index (χ1n) is 10.7. The van der Waals surface area contributed by atoms with Crippen molar-refractivity contribution in [2.45, 2.75) is 90.4 Å². The number of rotatable bonds is 17. The normalized spacial score (nSPS) is 10.7. The van der Waals surface area contributed by atoms with Gasteiger partial charge in [-0.1, -0.05) is 83.6 Å². The Kier molecular flexibility index (Phi) is 14.7. The number of thiophene rings is 1. The van der Waals surface area contributed by atoms with E-state index >= 15 is 0 Å². The summed E-state index contributed by atoms with van der Waals surface area (Å²) in [5.74, 6) is -0.358. The van der Waals surface area contributed by atoms with Gasteiger partial charge in [0.05, 0.1) is 17.9 Å². The molecule has 0 saturated carbocycles. The van der Waals surface area contributed by atoms with E-state index in [-0.39, 0.29) is 18.3 Å². The van der Waals surface area contributed by atoms with Gasteiger partial charge in [0.2, 0.25) is 0 Å². The average molecular weight is 396 g/mol. The van der Waals surface area contributed by atoms with E-state index in [0.717, 1.165) is 12.8 Å². The Bertz CT molecular complexity index is 488. The van der Waals surface area contributed by atoms with Gasteiger partial charge in [0, 0.05) is 6.54 Å². The molecular weight excluding hydrogens is 358 g/mol. The fourth-order valence-electron chi connectivity index (χ4n) is 2.97. The van der Waals surface area contributed by atoms with Crippen LogP contribution in [0.5, 0.6) is 0 Å². The monoisotopic (exact) mass is 395 g/mol. The lowest BCUT2D eigenvalue weighted by atomic mass is 10.1. The van der Waals surface area contributed by atoms with E-state index in [0.29, 0.717) is 18.0 Å². The molecule has 1 aromatic heterocycles. The number of hydrogen-bond acceptors (Lipinski definition) is 4. The summed E-state index contributed by atoms with van der Waals surface area (Å²) in [4.78, 5) is 24.0. The first-order valence-corrected chi connectivity index (χ1v) is 11.6. The van der Waals surface area contributed by atoms with Gasteiger partial charge in [-0.15, -0.1) is 11.3 Å². The van der Waals surface area contributed by atoms with E-state index < -0.39 is 0 Å². The molecule has 154 valence electrons. The number of amides is 1. The fourth-order valence-corrected chi connectivity index (χ4v) is 3.61. The van der Waals surface area contributed by atoms with E-state index in [2.05, 4.69) is 12.2 Å². The molecule has 0 aliphatic carbocycles. The number of esters is 1. The predicted molar refractivity (Wildman–Crippen MR) is 113 cm³/mol. The first kappa shape index (κ1) is 23.7. The summed E-state index contributed by atoms with van der Waals surface area (Å²) in [6, 6.07) is 3.61. The van der Waals surface area contributed by atoms with Gasteiger partial charge in [-0.05, 0) is 17.9 Å². The zero-order chi connectivity index (χ0) is 19.6. The van der Waals surface area contributed by atoms with E-state index in [9.17, 15) is 9.59 Å². The molecule has 0 radical (unpaired) electrons. The Balaban J connectivity index is 1.81. The standard InChI is InChI=1S/C22H37NO3S/c1-2-3-4-5-6-7-8-9-10-11-12-13-18-26-21(24)16-17-23-22(25)20-15-14-19-27-20/h14-15,19H,2-13,16-18H2,1H3,(H,23,25). The molecule has 0 fully saturated rings. The molecule has 0 aliphatic heterocycles. The SMILES string of the molecule is CCCCCCCCCCCCCCOC(=O)CCNC(=O)c1cccs1. The zero-order valence-corrected chi connectivity index (χ0v) is 17.8. The number of nitrogens with one attached hydrogen (secondary N) is 1. The Hall–Kier alpha value is -1.36. The van der Waals surface area contributed by atoms with Gasteiger partial charge in [0.15, 0.2) is 0 Å². The van der Waals surface area contributed by atoms with Crippen LogP contribution in [0.4, 0.5) is 0 Å². The molecule has 0 bridgehead atoms. The lowest BCUT2D eigenvalue weighted by molar-refractivity contribution is -0.143. The second-order valence-corrected chi connectivity index (χ2v) is 8.04. The molecule has 5 heteroatoms. The van der Waals surface area contributed by atoms with Crippen molar-refractivity contribution < 1.29 is 14.3 Å². The fraction of sp³-hybridized carbons (Fsp3) is 0.727. The number of ether oxygens (including phenoxy) is 1. The molecule has 0 aliphatic rings. The third-order valence-electron chi connectivity index (χ3n) is 4.62. The van der Waals surface area contributed by atoms with Crippen molar-refractivity contribution in [3.05, 3.63) is 22.4 Å². The maximum Gasteiger partial charge on any atom is 0.307 e. The van der Waals surface area contributed by atoms with Crippen LogP contribution >= 0.6 is 11.3 Å². The maximum atomic E-state index is 11.7. The molecule has 0 aromatic carbocycles. The number of carbonyl (C=O) groups excluding carboxylic acids is 2. The molecule has 0 atom stereocenters. The van der Waals surface area contributed by atoms with Crippen molar-refractivity contribution in [1.82, 2.24) is 5.32 Å². The molecule has 27 heavy (non-hydrogen) atoms. The molecule has 1 heterocycles. The van der Waals surface area contributed by atoms with Crippen LogP contribution < -0.4 is 5.32 Å². The van der Waals surface area contributed by atoms with Gasteiger partial charge in [-0.3, -0.25) is 9.59 Å². The molecule has 0 saturated heterocycles. The highest BCUT2D eigenvalue weighted by Crippen LogP contribution is 2.12. The minimum Gasteiger partial charge on any atom is -0.466 e. The van der Waals surface area contributed by atoms with Crippen LogP contribution in [0.2, 0.25) is 0 Å². The number of unbranched alkanes of at least 4 members (excludes halogenated alkanes) is 11. The van der Waals surface area contributed by atoms with Crippen LogP contribution in [0.15, 0.2) is 17.5 Å². The maximum absolute atomic E-state index is 11.7. The van der Waals surface area contributed by atoms with E-state index in [1.807, 2.05) is 11.4 Å². The zero-order valence-electron chi connectivity index (χ0n) is 17.0. The van der Waals surface area contributed by atoms with E-state index in [4.69, 9.17) is 4.74 Å². The lowest BCUT2D eigenvalue weighted by Crippen LogP contribution is -2.25. The highest BCUT2D eigenvalue weighted by Gasteiger charge is 2.07. The van der Waals surface area contributed by atoms with Crippen LogP contribution in [-0.2, 0) is 9.53 Å². The summed E-state index contributed by atoms with van der Waals surface area (Å²) in [5, 5.41) is 4.59. The van der Waals surface area contributed by atoms with Gasteiger partial charge < -0.3 is 10.1 Å². The number of hydrogen-bond donors (Lipinski definition) is 1. The lowest BCUT2D eigenvalue weighted by Gasteiger charge is -2.06. The summed E-state index contributed by atoms with van der Waals surface area (Å²) >= 11 is 1.39. The van der Waals surface area contributed by atoms with Crippen molar-refractivity contribution in [3.63, 3.8) is 0 Å². The Morgan fingerprint density at radius 2 is 1.52 bits per heavy atom. The summed E-state index contributed by atoms with van der Waals surface area (Å²) in [7, 11) is 0. The second kappa shape index (κ2) is 16.8. The Morgan fingerprint density at radius 1 is 0.926 bits per heavy atom. The minimum atomic E-state index is -0.232. The van der Waals surface area contributed by atoms with Crippen LogP contribution in [-0.4, -0.2) is 25.0 Å². The quantitative estimate of drug-likeness (QED) is 0.256. The third kappa shape index (κ3) is 13.5. The third-order valence-corrected chi connectivity index (χ3v) is 5.49. The van der Waals surface area contributed by atoms with Crippen molar-refractivity contribution in [2.24, 2.45) is 0 Å². The summed E-state index contributed by atoms with van der Waals surface area (Å²) in [6.45, 7) is 3.08. The first-order chi connectivity index (χ1) is 13.2. The minimum absolute atomic E-state index is 0.126. The van der Waals surface area contributed by atoms with Crippen molar-refractivity contribution >= 4 is 23.2 Å². The van der Waals surface area contributed by atoms with Gasteiger partial charge in [-0.25, -0.2) is 0 Å². The molecule has 0 unspecified atom stereocenters. The molecule has 1 rings (SSSR count). The Labute approximate surface area is 169 Å². The van der Waals surface area contributed by atoms with Gasteiger partial charge in [-0.2, -0.15) is 0 Å². The highest BCUT2D eigenvalue weighted by molar-refractivity contribution is 7.12. The van der Waals surface area contributed by atoms with Crippen molar-refractivity contribution in [3.8, 4) is 0 Å². The molecular formula is C22H37NO3S. The summed E-state index contributed by atoms with van der Waals surface area (Å²) in [6.07, 6.45) is 15.8. The van der Waals surface area contributed by atoms with Crippen molar-refractivity contribution in [1.29, 1.82) is 0 Å². The van der Waals surface area contributed by atoms with E-state index in [1.54, 1.807) is 6.07 Å². The van der Waals surface area contributed by atoms with Gasteiger partial charge in [0.1, 0.15) is 0 Å². The van der Waals surface area contributed by atoms with E-state index in [1.165, 1.54) is 75.5 Å². The molecule has 1 N–H and O–H groups in total. The summed E-state index contributed by atoms with van der Waals surface area (Å²) < 4.78 is 5.22. The molecule has 0 spiro atoms. The molecule has 1 aromatic rings.